The molecule has 0 fully saturated rings. The maximum atomic E-state index is 5.52. The molecule has 0 atom stereocenters. The normalized spacial score (nSPS) is 9.25. The van der Waals surface area contributed by atoms with Crippen molar-refractivity contribution in [1.82, 2.24) is 0 Å². The molecule has 0 aliphatic rings. The molecule has 0 saturated heterocycles. The summed E-state index contributed by atoms with van der Waals surface area (Å²) in [5.41, 5.74) is 6.39. The van der Waals surface area contributed by atoms with Crippen LogP contribution in [-0.2, 0) is 0 Å². The van der Waals surface area contributed by atoms with Gasteiger partial charge in [0.05, 0.1) is 0 Å². The Bertz CT molecular complexity index is 165. The van der Waals surface area contributed by atoms with Gasteiger partial charge in [-0.15, -0.1) is 0 Å². The summed E-state index contributed by atoms with van der Waals surface area (Å²) in [6.45, 7) is 0. The van der Waals surface area contributed by atoms with Gasteiger partial charge in [0.25, 0.3) is 0 Å². The third kappa shape index (κ3) is 1.06. The first kappa shape index (κ1) is 5.75. The van der Waals surface area contributed by atoms with E-state index in [0.29, 0.717) is 0 Å². The van der Waals surface area contributed by atoms with Crippen molar-refractivity contribution in [2.75, 3.05) is 5.73 Å². The van der Waals surface area contributed by atoms with Crippen molar-refractivity contribution in [3.63, 3.8) is 0 Å². The molecule has 2 heteroatoms. The molecule has 2 N–H and O–H groups in total. The number of rotatable bonds is 0. The fourth-order valence-corrected chi connectivity index (χ4v) is 0.587. The Hall–Kier alpha value is -0.383. The zero-order chi connectivity index (χ0) is 5.98. The van der Waals surface area contributed by atoms with Gasteiger partial charge in [-0.1, -0.05) is 0 Å². The van der Waals surface area contributed by atoms with Gasteiger partial charge in [0.15, 0.2) is 0 Å². The van der Waals surface area contributed by atoms with E-state index < -0.39 is 0 Å². The molecule has 0 heterocycles. The van der Waals surface area contributed by atoms with Crippen LogP contribution in [0.25, 0.3) is 0 Å². The van der Waals surface area contributed by atoms with Crippen LogP contribution in [0.5, 0.6) is 0 Å². The molecule has 1 nitrogen and oxygen atoms in total. The zero-order valence-corrected chi connectivity index (χ0v) is 4.89. The Balaban J connectivity index is 3.13. The topological polar surface area (TPSA) is 26.0 Å². The van der Waals surface area contributed by atoms with E-state index in [1.165, 1.54) is 0 Å². The molecule has 0 spiro atoms. The molecule has 1 aromatic rings. The fourth-order valence-electron chi connectivity index (χ4n) is 0.587. The van der Waals surface area contributed by atoms with Gasteiger partial charge in [0.1, 0.15) is 0 Å². The molecule has 0 bridgehead atoms. The first-order valence-electron chi connectivity index (χ1n) is 2.62. The van der Waals surface area contributed by atoms with E-state index in [2.05, 4.69) is 0 Å². The fraction of sp³-hybridized carbons (Fsp3) is 0. The van der Waals surface area contributed by atoms with Crippen molar-refractivity contribution < 1.29 is 0 Å². The van der Waals surface area contributed by atoms with Crippen molar-refractivity contribution >= 4 is 27.6 Å². The average molecular weight is 99.1 g/mol. The van der Waals surface area contributed by atoms with Crippen LogP contribution >= 0.6 is 0 Å². The summed E-state index contributed by atoms with van der Waals surface area (Å²) < 4.78 is 1.15. The zero-order valence-electron chi connectivity index (χ0n) is 4.89. The summed E-state index contributed by atoms with van der Waals surface area (Å²) in [5.74, 6) is 0. The van der Waals surface area contributed by atoms with Crippen molar-refractivity contribution in [3.8, 4) is 0 Å². The second kappa shape index (κ2) is 2.26. The second-order valence-electron chi connectivity index (χ2n) is 1.86. The van der Waals surface area contributed by atoms with Gasteiger partial charge in [0, 0.05) is 0 Å². The molecule has 0 saturated carbocycles. The minimum atomic E-state index is 0.868. The van der Waals surface area contributed by atoms with Crippen molar-refractivity contribution in [3.05, 3.63) is 24.3 Å². The van der Waals surface area contributed by atoms with E-state index in [4.69, 9.17) is 5.73 Å². The number of benzene rings is 1. The van der Waals surface area contributed by atoms with E-state index in [1.807, 2.05) is 42.0 Å². The monoisotopic (exact) mass is 99.1 g/mol. The predicted molar refractivity (Wildman–Crippen MR) is 36.2 cm³/mol. The van der Waals surface area contributed by atoms with Crippen LogP contribution in [0.4, 0.5) is 5.69 Å². The molecule has 0 aliphatic heterocycles. The third-order valence-corrected chi connectivity index (χ3v) is 1.19. The molecule has 0 aliphatic carbocycles. The molecule has 36 valence electrons. The van der Waals surface area contributed by atoms with Crippen LogP contribution in [0, 0.1) is 0 Å². The summed E-state index contributed by atoms with van der Waals surface area (Å²) in [4.78, 5) is 0. The van der Waals surface area contributed by atoms with Crippen LogP contribution in [0.3, 0.4) is 0 Å². The van der Waals surface area contributed by atoms with Gasteiger partial charge in [0.2, 0.25) is 0 Å². The molecule has 1 rings (SSSR count). The van der Waals surface area contributed by atoms with Gasteiger partial charge < -0.3 is 0 Å². The van der Waals surface area contributed by atoms with Crippen LogP contribution < -0.4 is 9.97 Å². The molecular weight excluding hydrogens is 93.0 g/mol. The third-order valence-electron chi connectivity index (χ3n) is 1.19. The predicted octanol–water partition coefficient (Wildman–Crippen LogP) is 0.0626. The van der Waals surface area contributed by atoms with E-state index in [1.54, 1.807) is 0 Å². The molecule has 0 amide bonds. The van der Waals surface area contributed by atoms with Gasteiger partial charge in [-0.3, -0.25) is 0 Å². The number of para-hydroxylation sites is 1. The Kier molecular flexibility index (Phi) is 1.62. The number of nitrogen functional groups attached to an aromatic ring is 1. The number of anilines is 1. The average Bonchev–Trinajstić information content (AvgIpc) is 1.77. The quantitative estimate of drug-likeness (QED) is 0.361. The van der Waals surface area contributed by atoms with Crippen molar-refractivity contribution in [2.45, 2.75) is 0 Å². The summed E-state index contributed by atoms with van der Waals surface area (Å²) in [5, 5.41) is 0. The van der Waals surface area contributed by atoms with Crippen molar-refractivity contribution in [2.24, 2.45) is 0 Å². The SMILES string of the molecule is [Li][c]1ccccc1N. The van der Waals surface area contributed by atoms with E-state index in [-0.39, 0.29) is 0 Å². The summed E-state index contributed by atoms with van der Waals surface area (Å²) in [6, 6.07) is 7.80. The van der Waals surface area contributed by atoms with Gasteiger partial charge in [-0.2, -0.15) is 0 Å². The van der Waals surface area contributed by atoms with Crippen molar-refractivity contribution in [1.29, 1.82) is 0 Å². The molecule has 0 aromatic heterocycles. The molecule has 8 heavy (non-hydrogen) atoms. The van der Waals surface area contributed by atoms with Gasteiger partial charge >= 0.3 is 57.6 Å². The van der Waals surface area contributed by atoms with E-state index in [0.717, 1.165) is 9.92 Å². The van der Waals surface area contributed by atoms with E-state index >= 15 is 0 Å². The summed E-state index contributed by atoms with van der Waals surface area (Å²) >= 11 is 2.00. The number of nitrogens with two attached hydrogens (primary N) is 1. The molecule has 0 unspecified atom stereocenters. The Morgan fingerprint density at radius 2 is 1.88 bits per heavy atom. The maximum absolute atomic E-state index is 5.52. The van der Waals surface area contributed by atoms with Crippen LogP contribution in [0.1, 0.15) is 0 Å². The summed E-state index contributed by atoms with van der Waals surface area (Å²) in [6.07, 6.45) is 0. The first-order valence-corrected chi connectivity index (χ1v) is 2.62. The Labute approximate surface area is 58.1 Å². The number of hydrogen-bond acceptors (Lipinski definition) is 1. The standard InChI is InChI=1S/C6H6N.Li/c7-6-4-2-1-3-5-6;/h1-4H,7H2;. The second-order valence-corrected chi connectivity index (χ2v) is 1.86. The Morgan fingerprint density at radius 3 is 2.25 bits per heavy atom. The molecular formula is C6H6LiN. The van der Waals surface area contributed by atoms with Gasteiger partial charge in [-0.05, 0) is 0 Å². The summed E-state index contributed by atoms with van der Waals surface area (Å²) in [7, 11) is 0. The van der Waals surface area contributed by atoms with Gasteiger partial charge in [-0.25, -0.2) is 0 Å². The first-order chi connectivity index (χ1) is 3.80. The molecule has 0 radical (unpaired) electrons. The van der Waals surface area contributed by atoms with E-state index in [9.17, 15) is 0 Å². The van der Waals surface area contributed by atoms with Crippen LogP contribution in [0.2, 0.25) is 0 Å². The molecule has 1 aromatic carbocycles. The van der Waals surface area contributed by atoms with Crippen LogP contribution in [-0.4, -0.2) is 17.7 Å². The van der Waals surface area contributed by atoms with Crippen LogP contribution in [0.15, 0.2) is 24.3 Å². The Morgan fingerprint density at radius 1 is 1.25 bits per heavy atom. The number of hydrogen-bond donors (Lipinski definition) is 1. The minimum absolute atomic E-state index is 0.868.